The Bertz CT molecular complexity index is 1180. The monoisotopic (exact) mass is 499 g/mol. The van der Waals surface area contributed by atoms with Crippen molar-refractivity contribution in [2.45, 2.75) is 36.1 Å². The Hall–Kier alpha value is -2.48. The van der Waals surface area contributed by atoms with Crippen molar-refractivity contribution in [1.29, 1.82) is 5.26 Å². The number of aliphatic hydroxyl groups excluding tert-OH is 1. The number of halogens is 1. The second kappa shape index (κ2) is 8.33. The Morgan fingerprint density at radius 1 is 1.21 bits per heavy atom. The summed E-state index contributed by atoms with van der Waals surface area (Å²) in [6, 6.07) is 2.37. The fourth-order valence-electron chi connectivity index (χ4n) is 5.75. The maximum absolute atomic E-state index is 12.8. The zero-order valence-electron chi connectivity index (χ0n) is 18.7. The highest BCUT2D eigenvalue weighted by molar-refractivity contribution is 7.85. The molecular formula is C23H26ClN7O2S. The molecule has 0 bridgehead atoms. The lowest BCUT2D eigenvalue weighted by molar-refractivity contribution is 0.144. The topological polar surface area (TPSA) is 118 Å². The van der Waals surface area contributed by atoms with Crippen LogP contribution in [0.3, 0.4) is 0 Å². The quantitative estimate of drug-likeness (QED) is 0.636. The Morgan fingerprint density at radius 2 is 1.88 bits per heavy atom. The van der Waals surface area contributed by atoms with Gasteiger partial charge in [0.15, 0.2) is 0 Å². The number of hydrogen-bond acceptors (Lipinski definition) is 9. The number of anilines is 3. The van der Waals surface area contributed by atoms with Crippen molar-refractivity contribution >= 4 is 39.9 Å². The molecule has 4 aliphatic rings. The van der Waals surface area contributed by atoms with E-state index in [0.717, 1.165) is 51.1 Å². The van der Waals surface area contributed by atoms with Gasteiger partial charge in [-0.1, -0.05) is 11.6 Å². The molecule has 0 aromatic carbocycles. The average molecular weight is 500 g/mol. The van der Waals surface area contributed by atoms with Crippen molar-refractivity contribution in [1.82, 2.24) is 15.0 Å². The molecule has 3 atom stereocenters. The fraction of sp³-hybridized carbons (Fsp3) is 0.565. The van der Waals surface area contributed by atoms with Gasteiger partial charge in [-0.15, -0.1) is 0 Å². The molecule has 2 saturated heterocycles. The molecule has 0 spiro atoms. The van der Waals surface area contributed by atoms with E-state index in [1.807, 2.05) is 0 Å². The molecule has 3 aliphatic heterocycles. The van der Waals surface area contributed by atoms with Gasteiger partial charge in [-0.05, 0) is 19.3 Å². The number of aryl methyl sites for hydroxylation is 1. The Kier molecular flexibility index (Phi) is 5.39. The van der Waals surface area contributed by atoms with Crippen LogP contribution in [0, 0.1) is 23.2 Å². The summed E-state index contributed by atoms with van der Waals surface area (Å²) in [7, 11) is -1.18. The van der Waals surface area contributed by atoms with Gasteiger partial charge in [0, 0.05) is 50.2 Å². The zero-order valence-corrected chi connectivity index (χ0v) is 20.3. The largest absolute Gasteiger partial charge is 0.394 e. The molecule has 0 amide bonds. The van der Waals surface area contributed by atoms with Crippen LogP contribution in [0.15, 0.2) is 17.3 Å². The highest BCUT2D eigenvalue weighted by atomic mass is 35.5. The lowest BCUT2D eigenvalue weighted by Crippen LogP contribution is -2.48. The fourth-order valence-corrected chi connectivity index (χ4v) is 7.23. The predicted octanol–water partition coefficient (Wildman–Crippen LogP) is 1.96. The average Bonchev–Trinajstić information content (AvgIpc) is 3.49. The van der Waals surface area contributed by atoms with Gasteiger partial charge >= 0.3 is 0 Å². The van der Waals surface area contributed by atoms with Crippen LogP contribution in [0.1, 0.15) is 30.5 Å². The van der Waals surface area contributed by atoms with Crippen molar-refractivity contribution < 1.29 is 9.32 Å². The SMILES string of the molecule is N#Cc1c(N2CC3CN(c4ncc(Cl)cn4)CC3C2)nc2c(c1NC1(CO)CCC1)[S@](=O)CC2. The van der Waals surface area contributed by atoms with Gasteiger partial charge in [0.25, 0.3) is 0 Å². The first-order chi connectivity index (χ1) is 16.5. The van der Waals surface area contributed by atoms with Gasteiger partial charge < -0.3 is 20.2 Å². The summed E-state index contributed by atoms with van der Waals surface area (Å²) in [4.78, 5) is 18.7. The summed E-state index contributed by atoms with van der Waals surface area (Å²) < 4.78 is 12.8. The number of pyridine rings is 1. The van der Waals surface area contributed by atoms with Crippen LogP contribution >= 0.6 is 11.6 Å². The molecule has 2 N–H and O–H groups in total. The van der Waals surface area contributed by atoms with Gasteiger partial charge in [0.05, 0.1) is 56.6 Å². The molecule has 0 radical (unpaired) electrons. The standard InChI is InChI=1S/C23H26ClN7O2S/c24-16-7-26-22(27-8-16)31-11-14-9-30(10-15(14)12-31)21-17(6-25)19(29-23(13-32)3-1-4-23)20-18(28-21)2-5-34(20)33/h7-8,14-15,32H,1-5,9-13H2,(H,28,29)/t14?,15?,34-/m1/s1. The third-order valence-corrected chi connectivity index (χ3v) is 9.41. The molecule has 11 heteroatoms. The minimum atomic E-state index is -1.18. The molecular weight excluding hydrogens is 474 g/mol. The van der Waals surface area contributed by atoms with E-state index in [-0.39, 0.29) is 6.61 Å². The summed E-state index contributed by atoms with van der Waals surface area (Å²) in [5, 5.41) is 24.2. The third-order valence-electron chi connectivity index (χ3n) is 7.75. The Labute approximate surface area is 205 Å². The van der Waals surface area contributed by atoms with Crippen molar-refractivity contribution in [2.75, 3.05) is 53.7 Å². The number of fused-ring (bicyclic) bond motifs is 2. The third kappa shape index (κ3) is 3.53. The van der Waals surface area contributed by atoms with Crippen molar-refractivity contribution in [3.63, 3.8) is 0 Å². The molecule has 1 aliphatic carbocycles. The maximum atomic E-state index is 12.8. The molecule has 2 unspecified atom stereocenters. The van der Waals surface area contributed by atoms with Crippen LogP contribution < -0.4 is 15.1 Å². The van der Waals surface area contributed by atoms with E-state index in [4.69, 9.17) is 16.6 Å². The lowest BCUT2D eigenvalue weighted by Gasteiger charge is -2.42. The predicted molar refractivity (Wildman–Crippen MR) is 130 cm³/mol. The molecule has 5 heterocycles. The van der Waals surface area contributed by atoms with Crippen LogP contribution in [0.5, 0.6) is 0 Å². The number of nitrogens with zero attached hydrogens (tertiary/aromatic N) is 6. The summed E-state index contributed by atoms with van der Waals surface area (Å²) in [6.45, 7) is 3.27. The number of nitriles is 1. The molecule has 2 aromatic heterocycles. The van der Waals surface area contributed by atoms with Crippen molar-refractivity contribution in [3.05, 3.63) is 28.7 Å². The van der Waals surface area contributed by atoms with Crippen LogP contribution in [0.25, 0.3) is 0 Å². The van der Waals surface area contributed by atoms with Gasteiger partial charge in [0.2, 0.25) is 5.95 Å². The normalized spacial score (nSPS) is 26.7. The first kappa shape index (κ1) is 22.0. The molecule has 34 heavy (non-hydrogen) atoms. The molecule has 178 valence electrons. The first-order valence-corrected chi connectivity index (χ1v) is 13.4. The minimum absolute atomic E-state index is 0.00655. The van der Waals surface area contributed by atoms with E-state index in [0.29, 0.717) is 56.9 Å². The highest BCUT2D eigenvalue weighted by Gasteiger charge is 2.44. The molecule has 1 saturated carbocycles. The smallest absolute Gasteiger partial charge is 0.225 e. The maximum Gasteiger partial charge on any atom is 0.225 e. The van der Waals surface area contributed by atoms with E-state index in [1.165, 1.54) is 0 Å². The van der Waals surface area contributed by atoms with Crippen molar-refractivity contribution in [2.24, 2.45) is 11.8 Å². The number of nitrogens with one attached hydrogen (secondary N) is 1. The minimum Gasteiger partial charge on any atom is -0.394 e. The number of rotatable bonds is 5. The van der Waals surface area contributed by atoms with Gasteiger partial charge in [0.1, 0.15) is 17.5 Å². The summed E-state index contributed by atoms with van der Waals surface area (Å²) >= 11 is 5.93. The number of aromatic nitrogens is 3. The summed E-state index contributed by atoms with van der Waals surface area (Å²) in [5.41, 5.74) is 1.45. The molecule has 2 aromatic rings. The second-order valence-electron chi connectivity index (χ2n) is 9.82. The molecule has 6 rings (SSSR count). The molecule has 9 nitrogen and oxygen atoms in total. The van der Waals surface area contributed by atoms with Gasteiger partial charge in [-0.2, -0.15) is 5.26 Å². The number of aliphatic hydroxyl groups is 1. The van der Waals surface area contributed by atoms with Gasteiger partial charge in [-0.25, -0.2) is 15.0 Å². The van der Waals surface area contributed by atoms with Crippen molar-refractivity contribution in [3.8, 4) is 6.07 Å². The second-order valence-corrected chi connectivity index (χ2v) is 11.8. The van der Waals surface area contributed by atoms with E-state index in [9.17, 15) is 14.6 Å². The van der Waals surface area contributed by atoms with E-state index >= 15 is 0 Å². The van der Waals surface area contributed by atoms with Gasteiger partial charge in [-0.3, -0.25) is 4.21 Å². The molecule has 3 fully saturated rings. The van der Waals surface area contributed by atoms with E-state index in [1.54, 1.807) is 12.4 Å². The first-order valence-electron chi connectivity index (χ1n) is 11.7. The Morgan fingerprint density at radius 3 is 2.47 bits per heavy atom. The zero-order chi connectivity index (χ0) is 23.4. The van der Waals surface area contributed by atoms with Crippen LogP contribution in [0.4, 0.5) is 17.5 Å². The summed E-state index contributed by atoms with van der Waals surface area (Å²) in [6.07, 6.45) is 6.59. The van der Waals surface area contributed by atoms with E-state index < -0.39 is 16.3 Å². The summed E-state index contributed by atoms with van der Waals surface area (Å²) in [5.74, 6) is 2.74. The van der Waals surface area contributed by atoms with Crippen LogP contribution in [0.2, 0.25) is 5.02 Å². The van der Waals surface area contributed by atoms with E-state index in [2.05, 4.69) is 31.2 Å². The highest BCUT2D eigenvalue weighted by Crippen LogP contribution is 2.44. The Balaban J connectivity index is 1.29. The number of hydrogen-bond donors (Lipinski definition) is 2. The van der Waals surface area contributed by atoms with Crippen LogP contribution in [-0.4, -0.2) is 68.3 Å². The lowest BCUT2D eigenvalue weighted by atomic mass is 9.77. The van der Waals surface area contributed by atoms with Crippen LogP contribution in [-0.2, 0) is 17.2 Å².